The first kappa shape index (κ1) is 30.5. The Balaban J connectivity index is 1.15. The summed E-state index contributed by atoms with van der Waals surface area (Å²) in [6.07, 6.45) is 22.5. The lowest BCUT2D eigenvalue weighted by molar-refractivity contribution is 0.0695. The monoisotopic (exact) mass is 555 g/mol. The van der Waals surface area contributed by atoms with Crippen LogP contribution in [0.2, 0.25) is 0 Å². The Morgan fingerprint density at radius 3 is 1.93 bits per heavy atom. The van der Waals surface area contributed by atoms with Gasteiger partial charge in [0.05, 0.1) is 11.2 Å². The minimum atomic E-state index is -1.26. The second-order valence-electron chi connectivity index (χ2n) is 12.1. The number of rotatable bonds is 18. The SMILES string of the molecule is CCCCCCCCCCCCCCCCN1CCN(c2cc3c(cc2F)c(=O)c(C(=O)O)cn3C2CC2)CC1. The lowest BCUT2D eigenvalue weighted by atomic mass is 10.0. The first-order chi connectivity index (χ1) is 19.5. The third-order valence-corrected chi connectivity index (χ3v) is 8.81. The van der Waals surface area contributed by atoms with Crippen molar-refractivity contribution >= 4 is 22.6 Å². The lowest BCUT2D eigenvalue weighted by Gasteiger charge is -2.36. The molecule has 0 atom stereocenters. The zero-order chi connectivity index (χ0) is 28.3. The van der Waals surface area contributed by atoms with Crippen molar-refractivity contribution in [3.63, 3.8) is 0 Å². The molecule has 1 aliphatic carbocycles. The summed E-state index contributed by atoms with van der Waals surface area (Å²) in [5, 5.41) is 9.62. The maximum Gasteiger partial charge on any atom is 0.341 e. The molecule has 1 N–H and O–H groups in total. The highest BCUT2D eigenvalue weighted by Gasteiger charge is 2.28. The van der Waals surface area contributed by atoms with Crippen LogP contribution in [0.4, 0.5) is 10.1 Å². The van der Waals surface area contributed by atoms with Crippen molar-refractivity contribution in [3.8, 4) is 0 Å². The first-order valence-electron chi connectivity index (χ1n) is 16.1. The van der Waals surface area contributed by atoms with Crippen molar-refractivity contribution in [1.82, 2.24) is 9.47 Å². The van der Waals surface area contributed by atoms with Crippen molar-refractivity contribution < 1.29 is 14.3 Å². The second-order valence-corrected chi connectivity index (χ2v) is 12.1. The molecule has 2 aliphatic rings. The molecule has 2 aromatic rings. The zero-order valence-corrected chi connectivity index (χ0v) is 24.6. The number of nitrogens with zero attached hydrogens (tertiary/aromatic N) is 3. The third-order valence-electron chi connectivity index (χ3n) is 8.81. The summed E-state index contributed by atoms with van der Waals surface area (Å²) >= 11 is 0. The molecule has 4 rings (SSSR count). The van der Waals surface area contributed by atoms with Crippen LogP contribution in [0.1, 0.15) is 126 Å². The van der Waals surface area contributed by atoms with Gasteiger partial charge < -0.3 is 14.6 Å². The van der Waals surface area contributed by atoms with E-state index < -0.39 is 17.2 Å². The Morgan fingerprint density at radius 2 is 1.40 bits per heavy atom. The van der Waals surface area contributed by atoms with Crippen LogP contribution in [-0.2, 0) is 0 Å². The number of hydrogen-bond acceptors (Lipinski definition) is 4. The number of halogens is 1. The Kier molecular flexibility index (Phi) is 11.9. The number of carbonyl (C=O) groups is 1. The maximum atomic E-state index is 15.2. The van der Waals surface area contributed by atoms with Gasteiger partial charge in [-0.15, -0.1) is 0 Å². The van der Waals surface area contributed by atoms with E-state index in [2.05, 4.69) is 16.7 Å². The fraction of sp³-hybridized carbons (Fsp3) is 0.697. The van der Waals surface area contributed by atoms with Gasteiger partial charge in [0, 0.05) is 43.8 Å². The van der Waals surface area contributed by atoms with Gasteiger partial charge in [-0.2, -0.15) is 0 Å². The molecule has 0 radical (unpaired) electrons. The number of pyridine rings is 1. The normalized spacial score (nSPS) is 16.2. The molecule has 0 spiro atoms. The molecule has 40 heavy (non-hydrogen) atoms. The van der Waals surface area contributed by atoms with Crippen LogP contribution in [-0.4, -0.2) is 53.3 Å². The minimum absolute atomic E-state index is 0.157. The molecule has 1 aromatic heterocycles. The van der Waals surface area contributed by atoms with Crippen LogP contribution in [0.3, 0.4) is 0 Å². The maximum absolute atomic E-state index is 15.2. The molecule has 6 nitrogen and oxygen atoms in total. The van der Waals surface area contributed by atoms with Crippen LogP contribution in [0, 0.1) is 5.82 Å². The number of aromatic carboxylic acids is 1. The van der Waals surface area contributed by atoms with E-state index >= 15 is 4.39 Å². The summed E-state index contributed by atoms with van der Waals surface area (Å²) in [6.45, 7) is 6.69. The quantitative estimate of drug-likeness (QED) is 0.190. The molecule has 2 fully saturated rings. The molecule has 2 heterocycles. The summed E-state index contributed by atoms with van der Waals surface area (Å²) in [7, 11) is 0. The van der Waals surface area contributed by atoms with Gasteiger partial charge in [0.1, 0.15) is 11.4 Å². The molecule has 1 saturated carbocycles. The molecule has 0 unspecified atom stereocenters. The molecule has 7 heteroatoms. The Morgan fingerprint density at radius 1 is 0.850 bits per heavy atom. The number of anilines is 1. The summed E-state index contributed by atoms with van der Waals surface area (Å²) in [6, 6.07) is 3.19. The van der Waals surface area contributed by atoms with E-state index in [1.807, 2.05) is 4.57 Å². The van der Waals surface area contributed by atoms with E-state index in [9.17, 15) is 14.7 Å². The van der Waals surface area contributed by atoms with Crippen molar-refractivity contribution in [2.24, 2.45) is 0 Å². The van der Waals surface area contributed by atoms with E-state index in [1.54, 1.807) is 6.07 Å². The van der Waals surface area contributed by atoms with Crippen LogP contribution in [0.15, 0.2) is 23.1 Å². The van der Waals surface area contributed by atoms with Gasteiger partial charge in [0.15, 0.2) is 0 Å². The highest BCUT2D eigenvalue weighted by atomic mass is 19.1. The van der Waals surface area contributed by atoms with Crippen molar-refractivity contribution in [3.05, 3.63) is 39.9 Å². The van der Waals surface area contributed by atoms with E-state index in [1.165, 1.54) is 102 Å². The van der Waals surface area contributed by atoms with Gasteiger partial charge >= 0.3 is 5.97 Å². The van der Waals surface area contributed by atoms with E-state index in [4.69, 9.17) is 0 Å². The smallest absolute Gasteiger partial charge is 0.341 e. The predicted molar refractivity (Wildman–Crippen MR) is 162 cm³/mol. The summed E-state index contributed by atoms with van der Waals surface area (Å²) in [5.74, 6) is -1.71. The van der Waals surface area contributed by atoms with Gasteiger partial charge in [-0.05, 0) is 37.9 Å². The molecule has 1 saturated heterocycles. The largest absolute Gasteiger partial charge is 0.477 e. The number of benzene rings is 1. The fourth-order valence-corrected chi connectivity index (χ4v) is 6.15. The lowest BCUT2D eigenvalue weighted by Crippen LogP contribution is -2.47. The third kappa shape index (κ3) is 8.55. The molecule has 0 bridgehead atoms. The average Bonchev–Trinajstić information content (AvgIpc) is 3.79. The molecular weight excluding hydrogens is 505 g/mol. The molecule has 1 aliphatic heterocycles. The minimum Gasteiger partial charge on any atom is -0.477 e. The second kappa shape index (κ2) is 15.6. The van der Waals surface area contributed by atoms with E-state index in [0.29, 0.717) is 11.2 Å². The van der Waals surface area contributed by atoms with Crippen LogP contribution < -0.4 is 10.3 Å². The standard InChI is InChI=1S/C33H50FN3O3/c1-2-3-4-5-6-7-8-9-10-11-12-13-14-15-18-35-19-21-36(22-20-35)31-24-30-27(23-29(31)34)32(38)28(33(39)40)25-37(30)26-16-17-26/h23-26H,2-22H2,1H3,(H,39,40). The number of aromatic nitrogens is 1. The van der Waals surface area contributed by atoms with Crippen LogP contribution >= 0.6 is 0 Å². The van der Waals surface area contributed by atoms with Crippen molar-refractivity contribution in [1.29, 1.82) is 0 Å². The highest BCUT2D eigenvalue weighted by molar-refractivity contribution is 5.93. The van der Waals surface area contributed by atoms with Crippen LogP contribution in [0.25, 0.3) is 10.9 Å². The Hall–Kier alpha value is -2.41. The first-order valence-corrected chi connectivity index (χ1v) is 16.1. The number of carboxylic acid groups (broad SMARTS) is 1. The van der Waals surface area contributed by atoms with Gasteiger partial charge in [-0.1, -0.05) is 90.4 Å². The van der Waals surface area contributed by atoms with Gasteiger partial charge in [-0.3, -0.25) is 9.69 Å². The van der Waals surface area contributed by atoms with Gasteiger partial charge in [0.25, 0.3) is 0 Å². The average molecular weight is 556 g/mol. The predicted octanol–water partition coefficient (Wildman–Crippen LogP) is 7.78. The molecule has 0 amide bonds. The Bertz CT molecular complexity index is 1150. The number of hydrogen-bond donors (Lipinski definition) is 1. The molecular formula is C33H50FN3O3. The fourth-order valence-electron chi connectivity index (χ4n) is 6.15. The number of fused-ring (bicyclic) bond motifs is 1. The number of piperazine rings is 1. The summed E-state index contributed by atoms with van der Waals surface area (Å²) in [4.78, 5) is 28.9. The van der Waals surface area contributed by atoms with Gasteiger partial charge in [0.2, 0.25) is 5.43 Å². The number of unbranched alkanes of at least 4 members (excludes halogenated alkanes) is 13. The van der Waals surface area contributed by atoms with Crippen molar-refractivity contribution in [2.75, 3.05) is 37.6 Å². The van der Waals surface area contributed by atoms with E-state index in [0.717, 1.165) is 45.6 Å². The summed E-state index contributed by atoms with van der Waals surface area (Å²) < 4.78 is 17.1. The Labute approximate surface area is 239 Å². The van der Waals surface area contributed by atoms with Crippen molar-refractivity contribution in [2.45, 2.75) is 116 Å². The molecule has 222 valence electrons. The van der Waals surface area contributed by atoms with Gasteiger partial charge in [-0.25, -0.2) is 9.18 Å². The number of carboxylic acids is 1. The highest BCUT2D eigenvalue weighted by Crippen LogP contribution is 2.38. The topological polar surface area (TPSA) is 65.8 Å². The zero-order valence-electron chi connectivity index (χ0n) is 24.6. The van der Waals surface area contributed by atoms with Crippen LogP contribution in [0.5, 0.6) is 0 Å². The summed E-state index contributed by atoms with van der Waals surface area (Å²) in [5.41, 5.74) is 0.255. The molecule has 1 aromatic carbocycles. The van der Waals surface area contributed by atoms with E-state index in [-0.39, 0.29) is 17.0 Å².